The molecule has 0 aliphatic carbocycles. The van der Waals surface area contributed by atoms with Gasteiger partial charge in [0.1, 0.15) is 23.0 Å². The van der Waals surface area contributed by atoms with E-state index in [4.69, 9.17) is 4.42 Å². The third-order valence-corrected chi connectivity index (χ3v) is 4.38. The summed E-state index contributed by atoms with van der Waals surface area (Å²) in [6.45, 7) is 5.51. The van der Waals surface area contributed by atoms with Crippen LogP contribution in [-0.2, 0) is 4.79 Å². The fourth-order valence-corrected chi connectivity index (χ4v) is 2.98. The number of nitrogens with one attached hydrogen (secondary N) is 3. The number of aromatic nitrogens is 1. The Kier molecular flexibility index (Phi) is 5.69. The summed E-state index contributed by atoms with van der Waals surface area (Å²) in [5, 5.41) is 12.5. The van der Waals surface area contributed by atoms with E-state index in [1.807, 2.05) is 38.1 Å². The number of carbonyl (C=O) groups excluding carboxylic acids is 2. The molecule has 3 N–H and O–H groups in total. The van der Waals surface area contributed by atoms with Crippen LogP contribution in [0.3, 0.4) is 0 Å². The summed E-state index contributed by atoms with van der Waals surface area (Å²) in [4.78, 5) is 24.6. The maximum absolute atomic E-state index is 12.5. The van der Waals surface area contributed by atoms with Crippen molar-refractivity contribution in [1.82, 2.24) is 15.4 Å². The van der Waals surface area contributed by atoms with Gasteiger partial charge in [0.25, 0.3) is 11.8 Å². The van der Waals surface area contributed by atoms with Crippen LogP contribution in [0.1, 0.15) is 32.8 Å². The average Bonchev–Trinajstić information content (AvgIpc) is 3.32. The summed E-state index contributed by atoms with van der Waals surface area (Å²) in [6, 6.07) is 11.4. The van der Waals surface area contributed by atoms with Crippen LogP contribution in [0.5, 0.6) is 0 Å². The molecular weight excluding hydrogens is 370 g/mol. The molecule has 0 saturated carbocycles. The standard InChI is InChI=1S/C21H21N5O3/c1-13-6-7-17(14(2)10-13)23-12-18(27)24-25-20(28)19-15(3)29-21(16(19)11-22)26-8-4-5-9-26/h4-10,23H,12H2,1-3H3,(H,24,27)(H,25,28). The van der Waals surface area contributed by atoms with Gasteiger partial charge in [0.15, 0.2) is 0 Å². The van der Waals surface area contributed by atoms with Crippen molar-refractivity contribution >= 4 is 17.5 Å². The number of hydrazine groups is 1. The van der Waals surface area contributed by atoms with E-state index in [-0.39, 0.29) is 29.3 Å². The van der Waals surface area contributed by atoms with Crippen LogP contribution < -0.4 is 16.2 Å². The van der Waals surface area contributed by atoms with Crippen LogP contribution in [0.25, 0.3) is 5.88 Å². The molecule has 2 aromatic heterocycles. The highest BCUT2D eigenvalue weighted by molar-refractivity contribution is 5.99. The molecule has 0 aliphatic heterocycles. The van der Waals surface area contributed by atoms with Gasteiger partial charge in [0, 0.05) is 18.1 Å². The predicted octanol–water partition coefficient (Wildman–Crippen LogP) is 2.74. The lowest BCUT2D eigenvalue weighted by atomic mass is 10.1. The van der Waals surface area contributed by atoms with Crippen molar-refractivity contribution in [2.75, 3.05) is 11.9 Å². The minimum absolute atomic E-state index is 0.0196. The Balaban J connectivity index is 1.63. The van der Waals surface area contributed by atoms with Crippen LogP contribution in [0, 0.1) is 32.1 Å². The average molecular weight is 391 g/mol. The van der Waals surface area contributed by atoms with Crippen molar-refractivity contribution in [3.05, 3.63) is 70.7 Å². The third kappa shape index (κ3) is 4.30. The lowest BCUT2D eigenvalue weighted by Gasteiger charge is -2.11. The molecule has 148 valence electrons. The Morgan fingerprint density at radius 1 is 1.14 bits per heavy atom. The van der Waals surface area contributed by atoms with Gasteiger partial charge in [-0.3, -0.25) is 25.0 Å². The van der Waals surface area contributed by atoms with E-state index < -0.39 is 11.8 Å². The van der Waals surface area contributed by atoms with Crippen LogP contribution in [0.15, 0.2) is 47.1 Å². The molecule has 3 rings (SSSR count). The molecule has 0 unspecified atom stereocenters. The molecule has 0 fully saturated rings. The second-order valence-electron chi connectivity index (χ2n) is 6.59. The number of nitrogens with zero attached hydrogens (tertiary/aromatic N) is 2. The monoisotopic (exact) mass is 391 g/mol. The van der Waals surface area contributed by atoms with Gasteiger partial charge < -0.3 is 9.73 Å². The van der Waals surface area contributed by atoms with E-state index in [1.54, 1.807) is 36.0 Å². The van der Waals surface area contributed by atoms with E-state index in [2.05, 4.69) is 16.2 Å². The topological polar surface area (TPSA) is 112 Å². The molecule has 0 saturated heterocycles. The van der Waals surface area contributed by atoms with Crippen molar-refractivity contribution in [3.63, 3.8) is 0 Å². The predicted molar refractivity (Wildman–Crippen MR) is 108 cm³/mol. The highest BCUT2D eigenvalue weighted by Gasteiger charge is 2.24. The molecule has 0 bridgehead atoms. The normalized spacial score (nSPS) is 10.3. The quantitative estimate of drug-likeness (QED) is 0.579. The molecule has 2 heterocycles. The fraction of sp³-hybridized carbons (Fsp3) is 0.190. The Morgan fingerprint density at radius 2 is 1.86 bits per heavy atom. The minimum Gasteiger partial charge on any atom is -0.443 e. The highest BCUT2D eigenvalue weighted by Crippen LogP contribution is 2.25. The first-order valence-corrected chi connectivity index (χ1v) is 8.98. The van der Waals surface area contributed by atoms with E-state index in [0.717, 1.165) is 16.8 Å². The Bertz CT molecular complexity index is 1090. The van der Waals surface area contributed by atoms with Crippen molar-refractivity contribution < 1.29 is 14.0 Å². The number of nitriles is 1. The smallest absolute Gasteiger partial charge is 0.274 e. The maximum Gasteiger partial charge on any atom is 0.274 e. The number of anilines is 1. The Labute approximate surface area is 168 Å². The second kappa shape index (κ2) is 8.35. The summed E-state index contributed by atoms with van der Waals surface area (Å²) in [5.41, 5.74) is 7.85. The summed E-state index contributed by atoms with van der Waals surface area (Å²) in [6.07, 6.45) is 3.42. The lowest BCUT2D eigenvalue weighted by Crippen LogP contribution is -2.44. The van der Waals surface area contributed by atoms with Gasteiger partial charge in [-0.25, -0.2) is 0 Å². The van der Waals surface area contributed by atoms with E-state index in [0.29, 0.717) is 0 Å². The van der Waals surface area contributed by atoms with E-state index >= 15 is 0 Å². The molecular formula is C21H21N5O3. The lowest BCUT2D eigenvalue weighted by molar-refractivity contribution is -0.120. The van der Waals surface area contributed by atoms with Crippen molar-refractivity contribution in [2.45, 2.75) is 20.8 Å². The summed E-state index contributed by atoms with van der Waals surface area (Å²) >= 11 is 0. The van der Waals surface area contributed by atoms with Gasteiger partial charge in [-0.2, -0.15) is 5.26 Å². The maximum atomic E-state index is 12.5. The molecule has 0 radical (unpaired) electrons. The third-order valence-electron chi connectivity index (χ3n) is 4.38. The first-order valence-electron chi connectivity index (χ1n) is 8.98. The zero-order valence-corrected chi connectivity index (χ0v) is 16.4. The Hall–Kier alpha value is -3.99. The number of hydrogen-bond donors (Lipinski definition) is 3. The number of furan rings is 1. The molecule has 3 aromatic rings. The largest absolute Gasteiger partial charge is 0.443 e. The van der Waals surface area contributed by atoms with Crippen LogP contribution in [-0.4, -0.2) is 22.9 Å². The van der Waals surface area contributed by atoms with Crippen LogP contribution >= 0.6 is 0 Å². The SMILES string of the molecule is Cc1ccc(NCC(=O)NNC(=O)c2c(C)oc(-n3cccc3)c2C#N)c(C)c1. The van der Waals surface area contributed by atoms with E-state index in [9.17, 15) is 14.9 Å². The van der Waals surface area contributed by atoms with Gasteiger partial charge in [0.05, 0.1) is 6.54 Å². The number of aryl methyl sites for hydroxylation is 3. The van der Waals surface area contributed by atoms with Gasteiger partial charge in [-0.05, 0) is 44.5 Å². The van der Waals surface area contributed by atoms with Crippen molar-refractivity contribution in [3.8, 4) is 12.0 Å². The minimum atomic E-state index is -0.624. The van der Waals surface area contributed by atoms with Gasteiger partial charge in [-0.1, -0.05) is 17.7 Å². The molecule has 0 spiro atoms. The molecule has 8 nitrogen and oxygen atoms in total. The highest BCUT2D eigenvalue weighted by atomic mass is 16.4. The van der Waals surface area contributed by atoms with Gasteiger partial charge in [-0.15, -0.1) is 0 Å². The molecule has 1 aromatic carbocycles. The van der Waals surface area contributed by atoms with E-state index in [1.165, 1.54) is 0 Å². The van der Waals surface area contributed by atoms with Crippen molar-refractivity contribution in [2.24, 2.45) is 0 Å². The van der Waals surface area contributed by atoms with Crippen LogP contribution in [0.4, 0.5) is 5.69 Å². The summed E-state index contributed by atoms with van der Waals surface area (Å²) in [7, 11) is 0. The number of carbonyl (C=O) groups is 2. The zero-order valence-electron chi connectivity index (χ0n) is 16.4. The molecule has 8 heteroatoms. The van der Waals surface area contributed by atoms with Crippen LogP contribution in [0.2, 0.25) is 0 Å². The molecule has 0 atom stereocenters. The summed E-state index contributed by atoms with van der Waals surface area (Å²) < 4.78 is 7.20. The first-order chi connectivity index (χ1) is 13.9. The van der Waals surface area contributed by atoms with Gasteiger partial charge >= 0.3 is 0 Å². The molecule has 0 aliphatic rings. The molecule has 29 heavy (non-hydrogen) atoms. The number of amides is 2. The number of benzene rings is 1. The van der Waals surface area contributed by atoms with Crippen molar-refractivity contribution in [1.29, 1.82) is 5.26 Å². The molecule has 2 amide bonds. The first kappa shape index (κ1) is 19.8. The summed E-state index contributed by atoms with van der Waals surface area (Å²) in [5.74, 6) is -0.516. The zero-order chi connectivity index (χ0) is 21.0. The number of rotatable bonds is 5. The van der Waals surface area contributed by atoms with Gasteiger partial charge in [0.2, 0.25) is 5.88 Å². The number of hydrogen-bond acceptors (Lipinski definition) is 5. The Morgan fingerprint density at radius 3 is 2.52 bits per heavy atom. The fourth-order valence-electron chi connectivity index (χ4n) is 2.98. The second-order valence-corrected chi connectivity index (χ2v) is 6.59.